The normalized spacial score (nSPS) is 10.7. The second kappa shape index (κ2) is 8.61. The maximum Gasteiger partial charge on any atom is 0.305 e. The lowest BCUT2D eigenvalue weighted by Crippen LogP contribution is -2.02. The molecule has 0 aliphatic rings. The van der Waals surface area contributed by atoms with Crippen molar-refractivity contribution in [3.63, 3.8) is 0 Å². The van der Waals surface area contributed by atoms with E-state index >= 15 is 0 Å². The van der Waals surface area contributed by atoms with E-state index in [0.29, 0.717) is 12.8 Å². The van der Waals surface area contributed by atoms with Gasteiger partial charge in [-0.25, -0.2) is 0 Å². The van der Waals surface area contributed by atoms with E-state index in [4.69, 9.17) is 9.47 Å². The number of rotatable bonds is 6. The molecular formula is C26H22O3. The fourth-order valence-corrected chi connectivity index (χ4v) is 3.37. The molecule has 0 N–H and O–H groups in total. The minimum atomic E-state index is -0.207. The molecule has 0 amide bonds. The van der Waals surface area contributed by atoms with Crippen LogP contribution in [0.5, 0.6) is 11.5 Å². The third kappa shape index (κ3) is 4.46. The van der Waals surface area contributed by atoms with Gasteiger partial charge in [-0.1, -0.05) is 60.7 Å². The minimum absolute atomic E-state index is 0.207. The van der Waals surface area contributed by atoms with Crippen molar-refractivity contribution in [1.82, 2.24) is 0 Å². The third-order valence-corrected chi connectivity index (χ3v) is 4.92. The van der Waals surface area contributed by atoms with Crippen LogP contribution in [-0.4, -0.2) is 13.1 Å². The van der Waals surface area contributed by atoms with Gasteiger partial charge < -0.3 is 9.47 Å². The van der Waals surface area contributed by atoms with Crippen LogP contribution in [0.25, 0.3) is 21.9 Å². The van der Waals surface area contributed by atoms with Crippen molar-refractivity contribution in [2.75, 3.05) is 7.11 Å². The maximum absolute atomic E-state index is 11.5. The van der Waals surface area contributed by atoms with Crippen LogP contribution >= 0.6 is 0 Å². The number of benzene rings is 4. The van der Waals surface area contributed by atoms with Gasteiger partial charge in [-0.2, -0.15) is 0 Å². The SMILES string of the molecule is COC(=O)CCc1ccc(Oc2ccccc2)c(-c2ccc3ccccc3c2)c1. The number of carbonyl (C=O) groups is 1. The lowest BCUT2D eigenvalue weighted by molar-refractivity contribution is -0.140. The maximum atomic E-state index is 11.5. The molecule has 0 bridgehead atoms. The van der Waals surface area contributed by atoms with Gasteiger partial charge >= 0.3 is 5.97 Å². The van der Waals surface area contributed by atoms with E-state index in [1.165, 1.54) is 17.9 Å². The molecule has 0 unspecified atom stereocenters. The van der Waals surface area contributed by atoms with E-state index in [1.807, 2.05) is 54.6 Å². The molecule has 0 aromatic heterocycles. The molecule has 0 fully saturated rings. The zero-order chi connectivity index (χ0) is 20.1. The number of hydrogen-bond acceptors (Lipinski definition) is 3. The Morgan fingerprint density at radius 3 is 2.34 bits per heavy atom. The number of ether oxygens (including phenoxy) is 2. The van der Waals surface area contributed by atoms with E-state index < -0.39 is 0 Å². The van der Waals surface area contributed by atoms with Crippen molar-refractivity contribution in [2.45, 2.75) is 12.8 Å². The molecular weight excluding hydrogens is 360 g/mol. The number of hydrogen-bond donors (Lipinski definition) is 0. The molecule has 3 nitrogen and oxygen atoms in total. The summed E-state index contributed by atoms with van der Waals surface area (Å²) in [6.45, 7) is 0. The summed E-state index contributed by atoms with van der Waals surface area (Å²) < 4.78 is 11.0. The van der Waals surface area contributed by atoms with Gasteiger partial charge in [-0.05, 0) is 58.7 Å². The monoisotopic (exact) mass is 382 g/mol. The van der Waals surface area contributed by atoms with E-state index in [9.17, 15) is 4.79 Å². The molecule has 29 heavy (non-hydrogen) atoms. The van der Waals surface area contributed by atoms with Gasteiger partial charge in [0.2, 0.25) is 0 Å². The highest BCUT2D eigenvalue weighted by atomic mass is 16.5. The first-order chi connectivity index (χ1) is 14.2. The zero-order valence-electron chi connectivity index (χ0n) is 16.3. The highest BCUT2D eigenvalue weighted by Gasteiger charge is 2.11. The lowest BCUT2D eigenvalue weighted by Gasteiger charge is -2.14. The molecule has 0 aliphatic heterocycles. The highest BCUT2D eigenvalue weighted by molar-refractivity contribution is 5.88. The van der Waals surface area contributed by atoms with Crippen molar-refractivity contribution in [3.05, 3.63) is 96.6 Å². The molecule has 0 atom stereocenters. The Kier molecular flexibility index (Phi) is 5.57. The minimum Gasteiger partial charge on any atom is -0.469 e. The molecule has 0 heterocycles. The molecule has 3 heteroatoms. The molecule has 4 aromatic rings. The van der Waals surface area contributed by atoms with Gasteiger partial charge in [0.25, 0.3) is 0 Å². The quantitative estimate of drug-likeness (QED) is 0.362. The average molecular weight is 382 g/mol. The Hall–Kier alpha value is -3.59. The molecule has 4 aromatic carbocycles. The predicted octanol–water partition coefficient (Wildman–Crippen LogP) is 6.40. The molecule has 0 saturated carbocycles. The smallest absolute Gasteiger partial charge is 0.305 e. The Bertz CT molecular complexity index is 1130. The molecule has 144 valence electrons. The molecule has 4 rings (SSSR count). The summed E-state index contributed by atoms with van der Waals surface area (Å²) in [4.78, 5) is 11.5. The first kappa shape index (κ1) is 18.8. The van der Waals surface area contributed by atoms with E-state index in [0.717, 1.165) is 28.2 Å². The van der Waals surface area contributed by atoms with Gasteiger partial charge in [-0.3, -0.25) is 4.79 Å². The van der Waals surface area contributed by atoms with Crippen LogP contribution in [0.1, 0.15) is 12.0 Å². The predicted molar refractivity (Wildman–Crippen MR) is 116 cm³/mol. The summed E-state index contributed by atoms with van der Waals surface area (Å²) in [5, 5.41) is 2.37. The zero-order valence-corrected chi connectivity index (χ0v) is 16.3. The Balaban J connectivity index is 1.74. The van der Waals surface area contributed by atoms with Gasteiger partial charge in [0, 0.05) is 12.0 Å². The number of fused-ring (bicyclic) bond motifs is 1. The number of para-hydroxylation sites is 1. The first-order valence-corrected chi connectivity index (χ1v) is 9.65. The van der Waals surface area contributed by atoms with Gasteiger partial charge in [-0.15, -0.1) is 0 Å². The van der Waals surface area contributed by atoms with Crippen molar-refractivity contribution >= 4 is 16.7 Å². The summed E-state index contributed by atoms with van der Waals surface area (Å²) in [6.07, 6.45) is 0.978. The van der Waals surface area contributed by atoms with Crippen LogP contribution in [-0.2, 0) is 16.0 Å². The van der Waals surface area contributed by atoms with E-state index in [-0.39, 0.29) is 5.97 Å². The first-order valence-electron chi connectivity index (χ1n) is 9.65. The second-order valence-corrected chi connectivity index (χ2v) is 6.88. The third-order valence-electron chi connectivity index (χ3n) is 4.92. The van der Waals surface area contributed by atoms with Crippen molar-refractivity contribution in [1.29, 1.82) is 0 Å². The van der Waals surface area contributed by atoms with Gasteiger partial charge in [0.1, 0.15) is 11.5 Å². The number of carbonyl (C=O) groups excluding carboxylic acids is 1. The summed E-state index contributed by atoms with van der Waals surface area (Å²) in [6, 6.07) is 30.5. The highest BCUT2D eigenvalue weighted by Crippen LogP contribution is 2.36. The molecule has 0 saturated heterocycles. The summed E-state index contributed by atoms with van der Waals surface area (Å²) in [5.41, 5.74) is 3.15. The van der Waals surface area contributed by atoms with Crippen molar-refractivity contribution < 1.29 is 14.3 Å². The average Bonchev–Trinajstić information content (AvgIpc) is 2.78. The van der Waals surface area contributed by atoms with E-state index in [2.05, 4.69) is 36.4 Å². The Morgan fingerprint density at radius 1 is 0.793 bits per heavy atom. The van der Waals surface area contributed by atoms with Crippen LogP contribution in [0, 0.1) is 0 Å². The van der Waals surface area contributed by atoms with Crippen LogP contribution in [0.3, 0.4) is 0 Å². The number of esters is 1. The fraction of sp³-hybridized carbons (Fsp3) is 0.115. The van der Waals surface area contributed by atoms with Crippen LogP contribution < -0.4 is 4.74 Å². The van der Waals surface area contributed by atoms with Gasteiger partial charge in [0.15, 0.2) is 0 Å². The van der Waals surface area contributed by atoms with E-state index in [1.54, 1.807) is 0 Å². The molecule has 0 radical (unpaired) electrons. The Labute approximate surface area is 170 Å². The summed E-state index contributed by atoms with van der Waals surface area (Å²) >= 11 is 0. The van der Waals surface area contributed by atoms with Crippen LogP contribution in [0.15, 0.2) is 91.0 Å². The number of aryl methyl sites for hydroxylation is 1. The topological polar surface area (TPSA) is 35.5 Å². The lowest BCUT2D eigenvalue weighted by atomic mass is 9.97. The standard InChI is InChI=1S/C26H22O3/c1-28-26(27)16-12-19-11-15-25(29-23-9-3-2-4-10-23)24(17-19)22-14-13-20-7-5-6-8-21(20)18-22/h2-11,13-15,17-18H,12,16H2,1H3. The molecule has 0 spiro atoms. The van der Waals surface area contributed by atoms with Crippen LogP contribution in [0.4, 0.5) is 0 Å². The largest absolute Gasteiger partial charge is 0.469 e. The fourth-order valence-electron chi connectivity index (χ4n) is 3.37. The van der Waals surface area contributed by atoms with Crippen molar-refractivity contribution in [2.24, 2.45) is 0 Å². The molecule has 0 aliphatic carbocycles. The number of methoxy groups -OCH3 is 1. The summed E-state index contributed by atoms with van der Waals surface area (Å²) in [5.74, 6) is 1.37. The van der Waals surface area contributed by atoms with Gasteiger partial charge in [0.05, 0.1) is 7.11 Å². The van der Waals surface area contributed by atoms with Crippen LogP contribution in [0.2, 0.25) is 0 Å². The Morgan fingerprint density at radius 2 is 1.55 bits per heavy atom. The van der Waals surface area contributed by atoms with Crippen molar-refractivity contribution in [3.8, 4) is 22.6 Å². The second-order valence-electron chi connectivity index (χ2n) is 6.88. The summed E-state index contributed by atoms with van der Waals surface area (Å²) in [7, 11) is 1.42.